The number of amides is 1. The number of nitrogens with two attached hydrogens (primary N) is 1. The predicted molar refractivity (Wildman–Crippen MR) is 78.6 cm³/mol. The quantitative estimate of drug-likeness (QED) is 0.885. The van der Waals surface area contributed by atoms with E-state index in [-0.39, 0.29) is 5.91 Å². The van der Waals surface area contributed by atoms with Crippen molar-refractivity contribution in [3.05, 3.63) is 58.3 Å². The van der Waals surface area contributed by atoms with Gasteiger partial charge in [-0.15, -0.1) is 0 Å². The highest BCUT2D eigenvalue weighted by atomic mass is 79.9. The summed E-state index contributed by atoms with van der Waals surface area (Å²) in [7, 11) is 1.77. The van der Waals surface area contributed by atoms with Gasteiger partial charge in [-0.1, -0.05) is 0 Å². The van der Waals surface area contributed by atoms with Crippen molar-refractivity contribution in [2.45, 2.75) is 6.54 Å². The highest BCUT2D eigenvalue weighted by Crippen LogP contribution is 2.21. The minimum Gasteiger partial charge on any atom is -0.398 e. The minimum absolute atomic E-state index is 0.0440. The fraction of sp³-hybridized carbons (Fsp3) is 0.143. The van der Waals surface area contributed by atoms with Crippen molar-refractivity contribution < 1.29 is 4.79 Å². The van der Waals surface area contributed by atoms with Crippen LogP contribution >= 0.6 is 15.9 Å². The summed E-state index contributed by atoms with van der Waals surface area (Å²) in [5.74, 6) is -0.0440. The van der Waals surface area contributed by atoms with Gasteiger partial charge in [0.2, 0.25) is 0 Å². The zero-order valence-corrected chi connectivity index (χ0v) is 12.1. The van der Waals surface area contributed by atoms with Gasteiger partial charge in [0.1, 0.15) is 0 Å². The van der Waals surface area contributed by atoms with E-state index in [1.54, 1.807) is 42.5 Å². The molecule has 0 fully saturated rings. The van der Waals surface area contributed by atoms with Crippen LogP contribution in [0.15, 0.2) is 47.2 Å². The highest BCUT2D eigenvalue weighted by molar-refractivity contribution is 9.10. The predicted octanol–water partition coefficient (Wildman–Crippen LogP) is 2.70. The van der Waals surface area contributed by atoms with Gasteiger partial charge in [-0.2, -0.15) is 0 Å². The molecular weight excluding hydrogens is 306 g/mol. The number of carbonyl (C=O) groups excluding carboxylic acids is 1. The van der Waals surface area contributed by atoms with E-state index >= 15 is 0 Å². The second kappa shape index (κ2) is 5.84. The van der Waals surface area contributed by atoms with E-state index in [0.29, 0.717) is 17.8 Å². The first kappa shape index (κ1) is 13.5. The molecule has 0 atom stereocenters. The van der Waals surface area contributed by atoms with Gasteiger partial charge < -0.3 is 10.6 Å². The average Bonchev–Trinajstić information content (AvgIpc) is 2.42. The number of aromatic nitrogens is 1. The molecule has 0 spiro atoms. The van der Waals surface area contributed by atoms with Crippen LogP contribution in [0.2, 0.25) is 0 Å². The van der Waals surface area contributed by atoms with Crippen molar-refractivity contribution in [3.63, 3.8) is 0 Å². The molecule has 5 heteroatoms. The van der Waals surface area contributed by atoms with Crippen LogP contribution in [-0.2, 0) is 6.54 Å². The van der Waals surface area contributed by atoms with Crippen LogP contribution < -0.4 is 5.73 Å². The summed E-state index contributed by atoms with van der Waals surface area (Å²) in [6.45, 7) is 0.545. The van der Waals surface area contributed by atoms with E-state index in [9.17, 15) is 4.79 Å². The van der Waals surface area contributed by atoms with Gasteiger partial charge in [-0.05, 0) is 51.8 Å². The zero-order chi connectivity index (χ0) is 13.8. The maximum absolute atomic E-state index is 12.3. The maximum atomic E-state index is 12.3. The van der Waals surface area contributed by atoms with Crippen LogP contribution in [0, 0.1) is 0 Å². The molecular formula is C14H14BrN3O. The number of benzene rings is 1. The molecule has 4 nitrogen and oxygen atoms in total. The number of rotatable bonds is 3. The summed E-state index contributed by atoms with van der Waals surface area (Å²) in [6.07, 6.45) is 3.43. The molecule has 2 aromatic rings. The average molecular weight is 320 g/mol. The summed E-state index contributed by atoms with van der Waals surface area (Å²) in [4.78, 5) is 17.9. The molecule has 0 radical (unpaired) electrons. The first-order chi connectivity index (χ1) is 9.08. The number of hydrogen-bond donors (Lipinski definition) is 1. The van der Waals surface area contributed by atoms with E-state index in [1.165, 1.54) is 0 Å². The largest absolute Gasteiger partial charge is 0.398 e. The number of pyridine rings is 1. The topological polar surface area (TPSA) is 59.2 Å². The molecule has 98 valence electrons. The van der Waals surface area contributed by atoms with Gasteiger partial charge >= 0.3 is 0 Å². The number of anilines is 1. The van der Waals surface area contributed by atoms with Crippen molar-refractivity contribution >= 4 is 27.5 Å². The number of nitrogens with zero attached hydrogens (tertiary/aromatic N) is 2. The van der Waals surface area contributed by atoms with Crippen LogP contribution in [0.25, 0.3) is 0 Å². The Morgan fingerprint density at radius 3 is 2.63 bits per heavy atom. The van der Waals surface area contributed by atoms with Crippen molar-refractivity contribution in [1.29, 1.82) is 0 Å². The second-order valence-electron chi connectivity index (χ2n) is 4.25. The molecule has 1 aromatic heterocycles. The molecule has 1 aromatic carbocycles. The zero-order valence-electron chi connectivity index (χ0n) is 10.5. The Hall–Kier alpha value is -1.88. The third kappa shape index (κ3) is 3.32. The van der Waals surface area contributed by atoms with Gasteiger partial charge in [0.15, 0.2) is 0 Å². The number of nitrogen functional groups attached to an aromatic ring is 1. The monoisotopic (exact) mass is 319 g/mol. The lowest BCUT2D eigenvalue weighted by Crippen LogP contribution is -2.26. The number of halogens is 1. The Morgan fingerprint density at radius 1 is 1.32 bits per heavy atom. The molecule has 0 unspecified atom stereocenters. The molecule has 2 N–H and O–H groups in total. The summed E-state index contributed by atoms with van der Waals surface area (Å²) in [5, 5.41) is 0. The van der Waals surface area contributed by atoms with Gasteiger partial charge in [0, 0.05) is 41.7 Å². The molecule has 19 heavy (non-hydrogen) atoms. The SMILES string of the molecule is CN(Cc1ccncc1)C(=O)c1ccc(N)c(Br)c1. The lowest BCUT2D eigenvalue weighted by Gasteiger charge is -2.17. The molecule has 0 saturated heterocycles. The van der Waals surface area contributed by atoms with E-state index < -0.39 is 0 Å². The molecule has 2 rings (SSSR count). The van der Waals surface area contributed by atoms with Crippen LogP contribution in [-0.4, -0.2) is 22.8 Å². The van der Waals surface area contributed by atoms with Gasteiger partial charge in [-0.3, -0.25) is 9.78 Å². The molecule has 1 amide bonds. The standard InChI is InChI=1S/C14H14BrN3O/c1-18(9-10-4-6-17-7-5-10)14(19)11-2-3-13(16)12(15)8-11/h2-8H,9,16H2,1H3. The number of carbonyl (C=O) groups is 1. The van der Waals surface area contributed by atoms with Crippen molar-refractivity contribution in [3.8, 4) is 0 Å². The Morgan fingerprint density at radius 2 is 2.00 bits per heavy atom. The van der Waals surface area contributed by atoms with Gasteiger partial charge in [0.25, 0.3) is 5.91 Å². The van der Waals surface area contributed by atoms with Crippen molar-refractivity contribution in [2.24, 2.45) is 0 Å². The lowest BCUT2D eigenvalue weighted by molar-refractivity contribution is 0.0785. The van der Waals surface area contributed by atoms with Crippen LogP contribution in [0.5, 0.6) is 0 Å². The van der Waals surface area contributed by atoms with E-state index in [1.807, 2.05) is 12.1 Å². The van der Waals surface area contributed by atoms with E-state index in [0.717, 1.165) is 10.0 Å². The van der Waals surface area contributed by atoms with Crippen molar-refractivity contribution in [1.82, 2.24) is 9.88 Å². The Bertz CT molecular complexity index is 586. The summed E-state index contributed by atoms with van der Waals surface area (Å²) < 4.78 is 0.732. The molecule has 0 aliphatic rings. The van der Waals surface area contributed by atoms with E-state index in [2.05, 4.69) is 20.9 Å². The third-order valence-electron chi connectivity index (χ3n) is 2.76. The molecule has 0 aliphatic carbocycles. The molecule has 0 saturated carbocycles. The minimum atomic E-state index is -0.0440. The summed E-state index contributed by atoms with van der Waals surface area (Å²) in [5.41, 5.74) is 7.98. The lowest BCUT2D eigenvalue weighted by atomic mass is 10.1. The highest BCUT2D eigenvalue weighted by Gasteiger charge is 2.13. The summed E-state index contributed by atoms with van der Waals surface area (Å²) in [6, 6.07) is 8.97. The first-order valence-electron chi connectivity index (χ1n) is 5.77. The number of hydrogen-bond acceptors (Lipinski definition) is 3. The van der Waals surface area contributed by atoms with Gasteiger partial charge in [-0.25, -0.2) is 0 Å². The van der Waals surface area contributed by atoms with Crippen LogP contribution in [0.3, 0.4) is 0 Å². The molecule has 1 heterocycles. The second-order valence-corrected chi connectivity index (χ2v) is 5.11. The Balaban J connectivity index is 2.12. The third-order valence-corrected chi connectivity index (χ3v) is 3.45. The maximum Gasteiger partial charge on any atom is 0.253 e. The Labute approximate surface area is 120 Å². The van der Waals surface area contributed by atoms with Crippen molar-refractivity contribution in [2.75, 3.05) is 12.8 Å². The van der Waals surface area contributed by atoms with Crippen LogP contribution in [0.4, 0.5) is 5.69 Å². The summed E-state index contributed by atoms with van der Waals surface area (Å²) >= 11 is 3.33. The first-order valence-corrected chi connectivity index (χ1v) is 6.56. The van der Waals surface area contributed by atoms with Gasteiger partial charge in [0.05, 0.1) is 0 Å². The fourth-order valence-electron chi connectivity index (χ4n) is 1.71. The normalized spacial score (nSPS) is 10.2. The molecule has 0 aliphatic heterocycles. The Kier molecular flexibility index (Phi) is 4.16. The smallest absolute Gasteiger partial charge is 0.253 e. The molecule has 0 bridgehead atoms. The van der Waals surface area contributed by atoms with E-state index in [4.69, 9.17) is 5.73 Å². The van der Waals surface area contributed by atoms with Crippen LogP contribution in [0.1, 0.15) is 15.9 Å². The fourth-order valence-corrected chi connectivity index (χ4v) is 2.09.